The van der Waals surface area contributed by atoms with E-state index < -0.39 is 12.1 Å². The number of carbonyl (C=O) groups excluding carboxylic acids is 2. The Hall–Kier alpha value is -2.81. The highest BCUT2D eigenvalue weighted by Gasteiger charge is 2.40. The van der Waals surface area contributed by atoms with Gasteiger partial charge in [0, 0.05) is 18.2 Å². The van der Waals surface area contributed by atoms with Crippen LogP contribution in [0.3, 0.4) is 0 Å². The number of piperidine rings is 1. The Morgan fingerprint density at radius 3 is 2.70 bits per heavy atom. The highest BCUT2D eigenvalue weighted by atomic mass is 16.5. The molecule has 3 unspecified atom stereocenters. The number of esters is 1. The van der Waals surface area contributed by atoms with E-state index in [4.69, 9.17) is 20.9 Å². The molecule has 1 amide bonds. The van der Waals surface area contributed by atoms with Gasteiger partial charge in [0.2, 0.25) is 6.23 Å². The van der Waals surface area contributed by atoms with Crippen LogP contribution in [-0.4, -0.2) is 59.1 Å². The van der Waals surface area contributed by atoms with Crippen molar-refractivity contribution >= 4 is 23.5 Å². The number of nitrogens with two attached hydrogens (primary N) is 2. The summed E-state index contributed by atoms with van der Waals surface area (Å²) in [5, 5.41) is 0. The standard InChI is InChI=1S/C24H35N5O4/c1-15(2)32-21(30)14-28-13-17-18(27-24(28)26)9-5-11-20(17)33-23(22(25)31)29-12-6-8-16-7-3-4-10-19(16)29/h5,9,11,15-16,19,23H,3-4,6-8,10,12-14H2,1-2H3,(H2,25,31)(H2,26,27). The number of nitrogens with zero attached hydrogens (tertiary/aromatic N) is 3. The van der Waals surface area contributed by atoms with Gasteiger partial charge in [-0.2, -0.15) is 0 Å². The maximum Gasteiger partial charge on any atom is 0.325 e. The van der Waals surface area contributed by atoms with E-state index in [0.29, 0.717) is 29.9 Å². The molecule has 3 atom stereocenters. The summed E-state index contributed by atoms with van der Waals surface area (Å²) >= 11 is 0. The highest BCUT2D eigenvalue weighted by Crippen LogP contribution is 2.38. The maximum atomic E-state index is 12.5. The number of hydrogen-bond acceptors (Lipinski definition) is 8. The maximum absolute atomic E-state index is 12.5. The third-order valence-corrected chi connectivity index (χ3v) is 6.77. The first-order chi connectivity index (χ1) is 15.8. The lowest BCUT2D eigenvalue weighted by atomic mass is 9.78. The minimum Gasteiger partial charge on any atom is -0.465 e. The molecule has 9 heteroatoms. The van der Waals surface area contributed by atoms with Gasteiger partial charge in [-0.3, -0.25) is 14.5 Å². The van der Waals surface area contributed by atoms with Crippen LogP contribution < -0.4 is 16.2 Å². The lowest BCUT2D eigenvalue weighted by Crippen LogP contribution is -2.58. The molecule has 2 aliphatic heterocycles. The summed E-state index contributed by atoms with van der Waals surface area (Å²) in [7, 11) is 0. The van der Waals surface area contributed by atoms with E-state index in [1.807, 2.05) is 18.2 Å². The predicted octanol–water partition coefficient (Wildman–Crippen LogP) is 2.24. The van der Waals surface area contributed by atoms with Crippen molar-refractivity contribution in [2.75, 3.05) is 13.1 Å². The monoisotopic (exact) mass is 457 g/mol. The minimum absolute atomic E-state index is 0.0174. The highest BCUT2D eigenvalue weighted by molar-refractivity contribution is 5.87. The van der Waals surface area contributed by atoms with Crippen LogP contribution >= 0.6 is 0 Å². The lowest BCUT2D eigenvalue weighted by Gasteiger charge is -2.46. The van der Waals surface area contributed by atoms with Crippen LogP contribution in [0.25, 0.3) is 0 Å². The average Bonchev–Trinajstić information content (AvgIpc) is 2.77. The van der Waals surface area contributed by atoms with Crippen molar-refractivity contribution in [3.05, 3.63) is 23.8 Å². The average molecular weight is 458 g/mol. The summed E-state index contributed by atoms with van der Waals surface area (Å²) < 4.78 is 11.6. The molecule has 1 aliphatic carbocycles. The zero-order valence-corrected chi connectivity index (χ0v) is 19.5. The normalized spacial score (nSPS) is 23.8. The molecule has 0 radical (unpaired) electrons. The Kier molecular flexibility index (Phi) is 7.07. The molecule has 3 aliphatic rings. The van der Waals surface area contributed by atoms with Gasteiger partial charge in [0.25, 0.3) is 5.91 Å². The Balaban J connectivity index is 1.56. The molecule has 0 bridgehead atoms. The van der Waals surface area contributed by atoms with Crippen molar-refractivity contribution in [3.8, 4) is 5.75 Å². The summed E-state index contributed by atoms with van der Waals surface area (Å²) in [5.41, 5.74) is 13.4. The molecular weight excluding hydrogens is 422 g/mol. The molecule has 1 aromatic rings. The van der Waals surface area contributed by atoms with Gasteiger partial charge in [-0.05, 0) is 57.6 Å². The quantitative estimate of drug-likeness (QED) is 0.602. The number of likely N-dealkylation sites (tertiary alicyclic amines) is 1. The fourth-order valence-corrected chi connectivity index (χ4v) is 5.35. The smallest absolute Gasteiger partial charge is 0.325 e. The van der Waals surface area contributed by atoms with Crippen molar-refractivity contribution in [2.24, 2.45) is 22.4 Å². The molecule has 4 N–H and O–H groups in total. The molecule has 2 fully saturated rings. The van der Waals surface area contributed by atoms with Gasteiger partial charge < -0.3 is 25.8 Å². The molecule has 1 saturated carbocycles. The van der Waals surface area contributed by atoms with Gasteiger partial charge >= 0.3 is 5.97 Å². The predicted molar refractivity (Wildman–Crippen MR) is 125 cm³/mol. The van der Waals surface area contributed by atoms with E-state index in [1.165, 1.54) is 25.7 Å². The van der Waals surface area contributed by atoms with Crippen LogP contribution in [-0.2, 0) is 20.9 Å². The molecular formula is C24H35N5O4. The van der Waals surface area contributed by atoms with Crippen molar-refractivity contribution < 1.29 is 19.1 Å². The number of primary amides is 1. The van der Waals surface area contributed by atoms with Crippen LogP contribution in [0.2, 0.25) is 0 Å². The second kappa shape index (κ2) is 9.99. The van der Waals surface area contributed by atoms with E-state index >= 15 is 0 Å². The summed E-state index contributed by atoms with van der Waals surface area (Å²) in [6.07, 6.45) is 5.86. The van der Waals surface area contributed by atoms with E-state index in [2.05, 4.69) is 9.89 Å². The van der Waals surface area contributed by atoms with E-state index in [-0.39, 0.29) is 24.6 Å². The zero-order valence-electron chi connectivity index (χ0n) is 19.5. The van der Waals surface area contributed by atoms with Gasteiger partial charge in [-0.1, -0.05) is 18.9 Å². The van der Waals surface area contributed by atoms with Crippen LogP contribution in [0.15, 0.2) is 23.2 Å². The largest absolute Gasteiger partial charge is 0.465 e. The second-order valence-corrected chi connectivity index (χ2v) is 9.48. The van der Waals surface area contributed by atoms with E-state index in [9.17, 15) is 9.59 Å². The number of rotatable bonds is 7. The third kappa shape index (κ3) is 5.24. The minimum atomic E-state index is -0.843. The molecule has 9 nitrogen and oxygen atoms in total. The summed E-state index contributed by atoms with van der Waals surface area (Å²) in [6.45, 7) is 4.70. The second-order valence-electron chi connectivity index (χ2n) is 9.48. The topological polar surface area (TPSA) is 123 Å². The molecule has 4 rings (SSSR count). The summed E-state index contributed by atoms with van der Waals surface area (Å²) in [6, 6.07) is 5.81. The van der Waals surface area contributed by atoms with Crippen LogP contribution in [0.5, 0.6) is 5.75 Å². The van der Waals surface area contributed by atoms with Crippen molar-refractivity contribution in [1.29, 1.82) is 0 Å². The Morgan fingerprint density at radius 2 is 1.94 bits per heavy atom. The molecule has 33 heavy (non-hydrogen) atoms. The first kappa shape index (κ1) is 23.4. The Bertz CT molecular complexity index is 916. The van der Waals surface area contributed by atoms with Crippen LogP contribution in [0.4, 0.5) is 5.69 Å². The van der Waals surface area contributed by atoms with Gasteiger partial charge in [0.05, 0.1) is 18.3 Å². The number of aliphatic imine (C=N–C) groups is 1. The number of carbonyl (C=O) groups is 2. The molecule has 0 spiro atoms. The van der Waals surface area contributed by atoms with E-state index in [0.717, 1.165) is 24.9 Å². The molecule has 1 aromatic carbocycles. The first-order valence-corrected chi connectivity index (χ1v) is 12.0. The van der Waals surface area contributed by atoms with Crippen molar-refractivity contribution in [2.45, 2.75) is 77.3 Å². The SMILES string of the molecule is CC(C)OC(=O)CN1Cc2c(cccc2OC(C(N)=O)N2CCCC3CCCCC32)N=C1N. The van der Waals surface area contributed by atoms with Crippen LogP contribution in [0, 0.1) is 5.92 Å². The molecule has 0 aromatic heterocycles. The number of ether oxygens (including phenoxy) is 2. The van der Waals surface area contributed by atoms with Gasteiger partial charge in [-0.15, -0.1) is 0 Å². The van der Waals surface area contributed by atoms with E-state index in [1.54, 1.807) is 18.7 Å². The van der Waals surface area contributed by atoms with Crippen molar-refractivity contribution in [3.63, 3.8) is 0 Å². The molecule has 180 valence electrons. The fourth-order valence-electron chi connectivity index (χ4n) is 5.35. The Morgan fingerprint density at radius 1 is 1.18 bits per heavy atom. The van der Waals surface area contributed by atoms with Crippen molar-refractivity contribution in [1.82, 2.24) is 9.80 Å². The number of hydrogen-bond donors (Lipinski definition) is 2. The van der Waals surface area contributed by atoms with Gasteiger partial charge in [-0.25, -0.2) is 4.99 Å². The summed E-state index contributed by atoms with van der Waals surface area (Å²) in [4.78, 5) is 33.0. The number of benzene rings is 1. The number of fused-ring (bicyclic) bond motifs is 2. The van der Waals surface area contributed by atoms with Crippen LogP contribution in [0.1, 0.15) is 57.9 Å². The third-order valence-electron chi connectivity index (χ3n) is 6.77. The summed E-state index contributed by atoms with van der Waals surface area (Å²) in [5.74, 6) is 0.502. The molecule has 2 heterocycles. The van der Waals surface area contributed by atoms with Gasteiger partial charge in [0.1, 0.15) is 12.3 Å². The first-order valence-electron chi connectivity index (χ1n) is 12.0. The molecule has 1 saturated heterocycles. The Labute approximate surface area is 195 Å². The number of guanidine groups is 1. The number of amides is 1. The zero-order chi connectivity index (χ0) is 23.5. The fraction of sp³-hybridized carbons (Fsp3) is 0.625. The lowest BCUT2D eigenvalue weighted by molar-refractivity contribution is -0.147. The van der Waals surface area contributed by atoms with Gasteiger partial charge in [0.15, 0.2) is 5.96 Å².